The van der Waals surface area contributed by atoms with Crippen molar-refractivity contribution in [2.24, 2.45) is 0 Å². The number of rotatable bonds is 2. The summed E-state index contributed by atoms with van der Waals surface area (Å²) in [5.41, 5.74) is 0.318. The molecule has 1 saturated carbocycles. The van der Waals surface area contributed by atoms with Gasteiger partial charge in [0.05, 0.1) is 5.56 Å². The Hall–Kier alpha value is -1.03. The van der Waals surface area contributed by atoms with Gasteiger partial charge in [0.2, 0.25) is 0 Å². The lowest BCUT2D eigenvalue weighted by Gasteiger charge is -2.46. The first kappa shape index (κ1) is 13.9. The first-order valence-electron chi connectivity index (χ1n) is 7.45. The van der Waals surface area contributed by atoms with Gasteiger partial charge in [0.1, 0.15) is 0 Å². The molecule has 20 heavy (non-hydrogen) atoms. The van der Waals surface area contributed by atoms with Crippen LogP contribution in [-0.4, -0.2) is 24.0 Å². The number of likely N-dealkylation sites (tertiary alicyclic amines) is 1. The van der Waals surface area contributed by atoms with Crippen LogP contribution in [0.1, 0.15) is 49.1 Å². The van der Waals surface area contributed by atoms with E-state index in [0.717, 1.165) is 24.7 Å². The predicted molar refractivity (Wildman–Crippen MR) is 72.6 cm³/mol. The zero-order valence-corrected chi connectivity index (χ0v) is 11.5. The summed E-state index contributed by atoms with van der Waals surface area (Å²) in [6, 6.07) is 6.51. The number of nitrogens with zero attached hydrogens (tertiary/aromatic N) is 1. The zero-order valence-electron chi connectivity index (χ0n) is 11.5. The second-order valence-corrected chi connectivity index (χ2v) is 6.07. The second-order valence-electron chi connectivity index (χ2n) is 6.07. The highest BCUT2D eigenvalue weighted by Crippen LogP contribution is 2.36. The SMILES string of the molecule is FC(F)(F)c1cccc(C2CN(C3CCCCC3)C2)c1. The Morgan fingerprint density at radius 2 is 1.70 bits per heavy atom. The second kappa shape index (κ2) is 5.40. The lowest BCUT2D eigenvalue weighted by Crippen LogP contribution is -2.51. The number of benzene rings is 1. The van der Waals surface area contributed by atoms with Gasteiger partial charge in [-0.2, -0.15) is 13.2 Å². The largest absolute Gasteiger partial charge is 0.416 e. The topological polar surface area (TPSA) is 3.24 Å². The Bertz CT molecular complexity index is 457. The van der Waals surface area contributed by atoms with Crippen LogP contribution in [0.4, 0.5) is 13.2 Å². The molecular weight excluding hydrogens is 263 g/mol. The van der Waals surface area contributed by atoms with Crippen LogP contribution in [0.5, 0.6) is 0 Å². The molecule has 0 atom stereocenters. The summed E-state index contributed by atoms with van der Waals surface area (Å²) in [5, 5.41) is 0. The van der Waals surface area contributed by atoms with Crippen molar-refractivity contribution >= 4 is 0 Å². The van der Waals surface area contributed by atoms with Gasteiger partial charge in [-0.3, -0.25) is 4.90 Å². The van der Waals surface area contributed by atoms with Crippen molar-refractivity contribution in [2.75, 3.05) is 13.1 Å². The molecule has 0 aromatic heterocycles. The van der Waals surface area contributed by atoms with E-state index >= 15 is 0 Å². The van der Waals surface area contributed by atoms with Gasteiger partial charge in [-0.05, 0) is 24.5 Å². The van der Waals surface area contributed by atoms with Gasteiger partial charge >= 0.3 is 6.18 Å². The Labute approximate surface area is 117 Å². The Balaban J connectivity index is 1.62. The van der Waals surface area contributed by atoms with Crippen molar-refractivity contribution in [2.45, 2.75) is 50.2 Å². The number of hydrogen-bond donors (Lipinski definition) is 0. The summed E-state index contributed by atoms with van der Waals surface area (Å²) in [5.74, 6) is 0.277. The van der Waals surface area contributed by atoms with E-state index in [4.69, 9.17) is 0 Å². The highest BCUT2D eigenvalue weighted by molar-refractivity contribution is 5.30. The van der Waals surface area contributed by atoms with Gasteiger partial charge in [0.25, 0.3) is 0 Å². The van der Waals surface area contributed by atoms with E-state index < -0.39 is 11.7 Å². The minimum atomic E-state index is -4.23. The molecule has 1 aromatic rings. The highest BCUT2D eigenvalue weighted by Gasteiger charge is 2.35. The molecule has 0 bridgehead atoms. The normalized spacial score (nSPS) is 22.8. The first-order chi connectivity index (χ1) is 9.54. The van der Waals surface area contributed by atoms with Crippen LogP contribution in [0.15, 0.2) is 24.3 Å². The van der Waals surface area contributed by atoms with Crippen LogP contribution in [0.25, 0.3) is 0 Å². The summed E-state index contributed by atoms with van der Waals surface area (Å²) in [7, 11) is 0. The van der Waals surface area contributed by atoms with E-state index in [-0.39, 0.29) is 5.92 Å². The number of halogens is 3. The summed E-state index contributed by atoms with van der Waals surface area (Å²) < 4.78 is 38.1. The molecule has 0 radical (unpaired) electrons. The van der Waals surface area contributed by atoms with E-state index in [9.17, 15) is 13.2 Å². The number of alkyl halides is 3. The lowest BCUT2D eigenvalue weighted by molar-refractivity contribution is -0.137. The maximum atomic E-state index is 12.7. The summed E-state index contributed by atoms with van der Waals surface area (Å²) >= 11 is 0. The monoisotopic (exact) mass is 283 g/mol. The van der Waals surface area contributed by atoms with Gasteiger partial charge in [-0.25, -0.2) is 0 Å². The zero-order chi connectivity index (χ0) is 14.2. The van der Waals surface area contributed by atoms with Crippen LogP contribution >= 0.6 is 0 Å². The van der Waals surface area contributed by atoms with E-state index in [1.165, 1.54) is 44.2 Å². The number of hydrogen-bond acceptors (Lipinski definition) is 1. The molecule has 2 aliphatic rings. The van der Waals surface area contributed by atoms with Crippen LogP contribution in [0.2, 0.25) is 0 Å². The smallest absolute Gasteiger partial charge is 0.299 e. The molecule has 3 rings (SSSR count). The van der Waals surface area contributed by atoms with Gasteiger partial charge in [-0.1, -0.05) is 37.5 Å². The van der Waals surface area contributed by atoms with Crippen molar-refractivity contribution in [3.8, 4) is 0 Å². The van der Waals surface area contributed by atoms with Crippen LogP contribution in [0, 0.1) is 0 Å². The van der Waals surface area contributed by atoms with E-state index in [0.29, 0.717) is 6.04 Å². The molecule has 1 nitrogen and oxygen atoms in total. The molecule has 2 fully saturated rings. The van der Waals surface area contributed by atoms with Crippen LogP contribution in [0.3, 0.4) is 0 Å². The first-order valence-corrected chi connectivity index (χ1v) is 7.45. The molecule has 4 heteroatoms. The third-order valence-corrected chi connectivity index (χ3v) is 4.69. The third-order valence-electron chi connectivity index (χ3n) is 4.69. The highest BCUT2D eigenvalue weighted by atomic mass is 19.4. The fourth-order valence-electron chi connectivity index (χ4n) is 3.44. The van der Waals surface area contributed by atoms with Gasteiger partial charge < -0.3 is 0 Å². The quantitative estimate of drug-likeness (QED) is 0.775. The standard InChI is InChI=1S/C16H20F3N/c17-16(18,19)14-6-4-5-12(9-14)13-10-20(11-13)15-7-2-1-3-8-15/h4-6,9,13,15H,1-3,7-8,10-11H2. The molecule has 110 valence electrons. The predicted octanol–water partition coefficient (Wildman–Crippen LogP) is 4.44. The summed E-state index contributed by atoms with van der Waals surface area (Å²) in [6.45, 7) is 1.85. The maximum absolute atomic E-state index is 12.7. The van der Waals surface area contributed by atoms with Crippen molar-refractivity contribution in [3.63, 3.8) is 0 Å². The minimum absolute atomic E-state index is 0.277. The lowest BCUT2D eigenvalue weighted by atomic mass is 9.85. The van der Waals surface area contributed by atoms with Crippen molar-refractivity contribution < 1.29 is 13.2 Å². The van der Waals surface area contributed by atoms with E-state index in [1.54, 1.807) is 0 Å². The average Bonchev–Trinajstić information content (AvgIpc) is 2.38. The third kappa shape index (κ3) is 2.85. The molecule has 0 unspecified atom stereocenters. The Kier molecular flexibility index (Phi) is 3.76. The Morgan fingerprint density at radius 3 is 2.35 bits per heavy atom. The fraction of sp³-hybridized carbons (Fsp3) is 0.625. The fourth-order valence-corrected chi connectivity index (χ4v) is 3.44. The van der Waals surface area contributed by atoms with Crippen molar-refractivity contribution in [3.05, 3.63) is 35.4 Å². The van der Waals surface area contributed by atoms with E-state index in [1.807, 2.05) is 6.07 Å². The summed E-state index contributed by atoms with van der Waals surface area (Å²) in [6.07, 6.45) is 2.22. The average molecular weight is 283 g/mol. The molecule has 1 aliphatic carbocycles. The summed E-state index contributed by atoms with van der Waals surface area (Å²) in [4.78, 5) is 2.45. The Morgan fingerprint density at radius 1 is 1.00 bits per heavy atom. The molecular formula is C16H20F3N. The maximum Gasteiger partial charge on any atom is 0.416 e. The molecule has 0 N–H and O–H groups in total. The van der Waals surface area contributed by atoms with Gasteiger partial charge in [0.15, 0.2) is 0 Å². The van der Waals surface area contributed by atoms with Gasteiger partial charge in [-0.15, -0.1) is 0 Å². The van der Waals surface area contributed by atoms with Crippen LogP contribution in [-0.2, 0) is 6.18 Å². The van der Waals surface area contributed by atoms with E-state index in [2.05, 4.69) is 4.90 Å². The van der Waals surface area contributed by atoms with Gasteiger partial charge in [0, 0.05) is 25.0 Å². The van der Waals surface area contributed by atoms with Crippen LogP contribution < -0.4 is 0 Å². The molecule has 1 saturated heterocycles. The molecule has 0 amide bonds. The molecule has 1 heterocycles. The molecule has 1 aromatic carbocycles. The van der Waals surface area contributed by atoms with Crippen molar-refractivity contribution in [1.29, 1.82) is 0 Å². The molecule has 1 aliphatic heterocycles. The molecule has 0 spiro atoms. The minimum Gasteiger partial charge on any atom is -0.299 e. The van der Waals surface area contributed by atoms with Crippen molar-refractivity contribution in [1.82, 2.24) is 4.90 Å².